The fraction of sp³-hybridized carbons (Fsp3) is 0.0909. The highest BCUT2D eigenvalue weighted by atomic mass is 32.1. The van der Waals surface area contributed by atoms with Crippen molar-refractivity contribution >= 4 is 24.6 Å². The van der Waals surface area contributed by atoms with Gasteiger partial charge in [0, 0.05) is 23.2 Å². The van der Waals surface area contributed by atoms with Crippen molar-refractivity contribution in [3.05, 3.63) is 40.8 Å². The topological polar surface area (TPSA) is 93.4 Å². The second kappa shape index (κ2) is 4.54. The van der Waals surface area contributed by atoms with Crippen LogP contribution in [-0.4, -0.2) is 14.6 Å². The van der Waals surface area contributed by atoms with E-state index in [0.717, 1.165) is 5.56 Å². The Bertz CT molecular complexity index is 763. The van der Waals surface area contributed by atoms with Crippen molar-refractivity contribution in [3.8, 4) is 11.3 Å². The van der Waals surface area contributed by atoms with Gasteiger partial charge in [-0.1, -0.05) is 7.60 Å². The average molecular weight is 293 g/mol. The molecule has 0 saturated carbocycles. The fourth-order valence-electron chi connectivity index (χ4n) is 1.85. The van der Waals surface area contributed by atoms with Crippen molar-refractivity contribution in [2.45, 2.75) is 6.16 Å². The van der Waals surface area contributed by atoms with Crippen molar-refractivity contribution in [2.75, 3.05) is 0 Å². The molecule has 98 valence electrons. The first kappa shape index (κ1) is 12.5. The van der Waals surface area contributed by atoms with Crippen molar-refractivity contribution in [3.63, 3.8) is 0 Å². The van der Waals surface area contributed by atoms with Gasteiger partial charge < -0.3 is 14.4 Å². The van der Waals surface area contributed by atoms with Crippen LogP contribution in [0.2, 0.25) is 0 Å². The van der Waals surface area contributed by atoms with E-state index < -0.39 is 13.8 Å². The van der Waals surface area contributed by atoms with Gasteiger partial charge in [-0.05, 0) is 17.5 Å². The lowest BCUT2D eigenvalue weighted by Crippen LogP contribution is -2.17. The lowest BCUT2D eigenvalue weighted by atomic mass is 10.2. The first-order valence-electron chi connectivity index (χ1n) is 5.40. The first-order valence-corrected chi connectivity index (χ1v) is 8.07. The molecule has 0 atom stereocenters. The van der Waals surface area contributed by atoms with Gasteiger partial charge in [0.2, 0.25) is 0 Å². The lowest BCUT2D eigenvalue weighted by molar-refractivity contribution is -0.314. The Morgan fingerprint density at radius 3 is 2.89 bits per heavy atom. The highest BCUT2D eigenvalue weighted by Crippen LogP contribution is 2.31. The van der Waals surface area contributed by atoms with E-state index in [-0.39, 0.29) is 0 Å². The molecule has 0 spiro atoms. The summed E-state index contributed by atoms with van der Waals surface area (Å²) >= 11 is 1.52. The standard InChI is InChI=1S/C11H10N3O3PS/c15-18(16,17)6-9-5-10(8-2-4-19-7-8)13-11-1-3-12-14(9)11/h1-5,7H,6H2,(H2,15,16,17)/p-2. The second-order valence-electron chi connectivity index (χ2n) is 4.01. The van der Waals surface area contributed by atoms with Crippen LogP contribution in [0.25, 0.3) is 16.9 Å². The molecule has 0 aliphatic carbocycles. The van der Waals surface area contributed by atoms with Crippen LogP contribution in [0.4, 0.5) is 0 Å². The van der Waals surface area contributed by atoms with Gasteiger partial charge in [0.15, 0.2) is 5.65 Å². The van der Waals surface area contributed by atoms with Gasteiger partial charge in [0.25, 0.3) is 0 Å². The summed E-state index contributed by atoms with van der Waals surface area (Å²) in [5.41, 5.74) is 2.37. The highest BCUT2D eigenvalue weighted by Gasteiger charge is 2.09. The zero-order valence-corrected chi connectivity index (χ0v) is 11.3. The fourth-order valence-corrected chi connectivity index (χ4v) is 3.12. The summed E-state index contributed by atoms with van der Waals surface area (Å²) in [7, 11) is -4.65. The normalized spacial score (nSPS) is 12.1. The van der Waals surface area contributed by atoms with Crippen molar-refractivity contribution < 1.29 is 14.4 Å². The molecule has 0 N–H and O–H groups in total. The van der Waals surface area contributed by atoms with E-state index in [0.29, 0.717) is 17.0 Å². The molecule has 3 aromatic rings. The number of nitrogens with zero attached hydrogens (tertiary/aromatic N) is 3. The predicted molar refractivity (Wildman–Crippen MR) is 67.6 cm³/mol. The van der Waals surface area contributed by atoms with E-state index in [4.69, 9.17) is 0 Å². The van der Waals surface area contributed by atoms with Crippen molar-refractivity contribution in [1.29, 1.82) is 0 Å². The molecular weight excluding hydrogens is 285 g/mol. The number of aromatic nitrogens is 3. The summed E-state index contributed by atoms with van der Waals surface area (Å²) in [4.78, 5) is 26.3. The molecule has 0 amide bonds. The van der Waals surface area contributed by atoms with Gasteiger partial charge in [0.1, 0.15) is 0 Å². The molecular formula is C11H8N3O3PS-2. The molecule has 0 radical (unpaired) electrons. The van der Waals surface area contributed by atoms with Crippen LogP contribution in [0.15, 0.2) is 35.2 Å². The molecule has 0 aliphatic heterocycles. The van der Waals surface area contributed by atoms with E-state index >= 15 is 0 Å². The highest BCUT2D eigenvalue weighted by molar-refractivity contribution is 7.47. The quantitative estimate of drug-likeness (QED) is 0.668. The molecule has 0 bridgehead atoms. The Morgan fingerprint density at radius 2 is 2.21 bits per heavy atom. The van der Waals surface area contributed by atoms with E-state index in [9.17, 15) is 14.4 Å². The Labute approximate surface area is 112 Å². The van der Waals surface area contributed by atoms with Crippen LogP contribution in [0.3, 0.4) is 0 Å². The number of fused-ring (bicyclic) bond motifs is 1. The summed E-state index contributed by atoms with van der Waals surface area (Å²) in [5.74, 6) is 0. The lowest BCUT2D eigenvalue weighted by Gasteiger charge is -2.29. The van der Waals surface area contributed by atoms with Crippen molar-refractivity contribution in [2.24, 2.45) is 0 Å². The van der Waals surface area contributed by atoms with Gasteiger partial charge in [-0.25, -0.2) is 9.50 Å². The molecule has 3 aromatic heterocycles. The smallest absolute Gasteiger partial charge is 0.155 e. The van der Waals surface area contributed by atoms with Gasteiger partial charge in [-0.15, -0.1) is 0 Å². The van der Waals surface area contributed by atoms with Crippen LogP contribution in [-0.2, 0) is 10.7 Å². The Hall–Kier alpha value is -1.53. The maximum Gasteiger partial charge on any atom is 0.155 e. The summed E-state index contributed by atoms with van der Waals surface area (Å²) in [6, 6.07) is 5.14. The van der Waals surface area contributed by atoms with Crippen LogP contribution < -0.4 is 9.79 Å². The number of thiophene rings is 1. The maximum absolute atomic E-state index is 11.0. The van der Waals surface area contributed by atoms with Crippen LogP contribution in [0, 0.1) is 0 Å². The molecule has 0 aromatic carbocycles. The third-order valence-electron chi connectivity index (χ3n) is 2.61. The van der Waals surface area contributed by atoms with Crippen LogP contribution in [0.5, 0.6) is 0 Å². The van der Waals surface area contributed by atoms with E-state index in [1.54, 1.807) is 12.1 Å². The Kier molecular flexibility index (Phi) is 2.99. The zero-order chi connectivity index (χ0) is 13.5. The summed E-state index contributed by atoms with van der Waals surface area (Å²) in [6.45, 7) is 0. The monoisotopic (exact) mass is 293 g/mol. The van der Waals surface area contributed by atoms with Gasteiger partial charge in [-0.3, -0.25) is 0 Å². The molecule has 0 unspecified atom stereocenters. The molecule has 0 fully saturated rings. The molecule has 8 heteroatoms. The number of hydrogen-bond donors (Lipinski definition) is 0. The van der Waals surface area contributed by atoms with E-state index in [1.807, 2.05) is 16.8 Å². The summed E-state index contributed by atoms with van der Waals surface area (Å²) < 4.78 is 12.4. The van der Waals surface area contributed by atoms with Gasteiger partial charge in [-0.2, -0.15) is 16.4 Å². The minimum absolute atomic E-state index is 0.324. The largest absolute Gasteiger partial charge is 0.810 e. The molecule has 0 saturated heterocycles. The van der Waals surface area contributed by atoms with Crippen molar-refractivity contribution in [1.82, 2.24) is 14.6 Å². The summed E-state index contributed by atoms with van der Waals surface area (Å²) in [5, 5.41) is 7.80. The van der Waals surface area contributed by atoms with Gasteiger partial charge in [0.05, 0.1) is 17.6 Å². The number of rotatable bonds is 3. The second-order valence-corrected chi connectivity index (χ2v) is 6.33. The Morgan fingerprint density at radius 1 is 1.37 bits per heavy atom. The maximum atomic E-state index is 11.0. The molecule has 3 heterocycles. The average Bonchev–Trinajstić information content (AvgIpc) is 2.97. The van der Waals surface area contributed by atoms with Gasteiger partial charge >= 0.3 is 0 Å². The predicted octanol–water partition coefficient (Wildman–Crippen LogP) is 0.871. The van der Waals surface area contributed by atoms with E-state index in [2.05, 4.69) is 10.1 Å². The summed E-state index contributed by atoms with van der Waals surface area (Å²) in [6.07, 6.45) is 0.939. The molecule has 19 heavy (non-hydrogen) atoms. The SMILES string of the molecule is O=P([O-])([O-])Cc1cc(-c2ccsc2)nc2ccnn12. The Balaban J connectivity index is 2.19. The third kappa shape index (κ3) is 2.59. The first-order chi connectivity index (χ1) is 9.03. The zero-order valence-electron chi connectivity index (χ0n) is 9.59. The molecule has 6 nitrogen and oxygen atoms in total. The minimum atomic E-state index is -4.65. The van der Waals surface area contributed by atoms with Crippen LogP contribution >= 0.6 is 18.9 Å². The third-order valence-corrected chi connectivity index (χ3v) is 4.00. The minimum Gasteiger partial charge on any atom is -0.810 e. The molecule has 3 rings (SSSR count). The van der Waals surface area contributed by atoms with E-state index in [1.165, 1.54) is 22.0 Å². The van der Waals surface area contributed by atoms with Crippen LogP contribution in [0.1, 0.15) is 5.69 Å². The number of hydrogen-bond acceptors (Lipinski definition) is 6. The molecule has 0 aliphatic rings.